The molecule has 3 aromatic carbocycles. The average Bonchev–Trinajstić information content (AvgIpc) is 2.94. The van der Waals surface area contributed by atoms with Crippen molar-refractivity contribution in [2.45, 2.75) is 58.5 Å². The number of sulfonamides is 1. The molecule has 0 aliphatic rings. The third-order valence-electron chi connectivity index (χ3n) is 6.84. The summed E-state index contributed by atoms with van der Waals surface area (Å²) in [5.41, 5.74) is 3.25. The maximum Gasteiger partial charge on any atom is 0.243 e. The smallest absolute Gasteiger partial charge is 0.243 e. The lowest BCUT2D eigenvalue weighted by molar-refractivity contribution is -0.141. The molecule has 0 aliphatic heterocycles. The SMILES string of the molecule is CCCCNC(=O)C(Cc1ccccc1)N(Cc1ccc(C)cc1)C(=O)CCCN(c1ccc(F)cc1)S(C)(=O)=O. The monoisotopic (exact) mass is 581 g/mol. The molecule has 2 amide bonds. The Bertz CT molecular complexity index is 1360. The Morgan fingerprint density at radius 2 is 1.56 bits per heavy atom. The Morgan fingerprint density at radius 3 is 2.17 bits per heavy atom. The molecule has 0 bridgehead atoms. The fraction of sp³-hybridized carbons (Fsp3) is 0.375. The maximum absolute atomic E-state index is 13.8. The number of unbranched alkanes of at least 4 members (excludes halogenated alkanes) is 1. The highest BCUT2D eigenvalue weighted by atomic mass is 32.2. The lowest BCUT2D eigenvalue weighted by Gasteiger charge is -2.32. The van der Waals surface area contributed by atoms with Crippen molar-refractivity contribution in [2.75, 3.05) is 23.7 Å². The summed E-state index contributed by atoms with van der Waals surface area (Å²) in [7, 11) is -3.66. The Hall–Kier alpha value is -3.72. The summed E-state index contributed by atoms with van der Waals surface area (Å²) < 4.78 is 39.6. The summed E-state index contributed by atoms with van der Waals surface area (Å²) >= 11 is 0. The molecular formula is C32H40FN3O4S. The molecule has 0 radical (unpaired) electrons. The van der Waals surface area contributed by atoms with E-state index < -0.39 is 21.9 Å². The van der Waals surface area contributed by atoms with Crippen LogP contribution in [0, 0.1) is 12.7 Å². The number of amides is 2. The summed E-state index contributed by atoms with van der Waals surface area (Å²) in [4.78, 5) is 28.9. The Morgan fingerprint density at radius 1 is 0.902 bits per heavy atom. The van der Waals surface area contributed by atoms with Crippen molar-refractivity contribution in [2.24, 2.45) is 0 Å². The summed E-state index contributed by atoms with van der Waals surface area (Å²) in [5, 5.41) is 3.00. The molecule has 0 spiro atoms. The molecule has 0 saturated carbocycles. The summed E-state index contributed by atoms with van der Waals surface area (Å²) in [6.45, 7) is 4.84. The van der Waals surface area contributed by atoms with Gasteiger partial charge in [0.25, 0.3) is 0 Å². The zero-order valence-electron chi connectivity index (χ0n) is 24.1. The van der Waals surface area contributed by atoms with E-state index in [1.54, 1.807) is 4.90 Å². The average molecular weight is 582 g/mol. The molecule has 1 N–H and O–H groups in total. The fourth-order valence-corrected chi connectivity index (χ4v) is 5.53. The molecular weight excluding hydrogens is 541 g/mol. The fourth-order valence-electron chi connectivity index (χ4n) is 4.56. The highest BCUT2D eigenvalue weighted by Crippen LogP contribution is 2.21. The standard InChI is InChI=1S/C32H40FN3O4S/c1-4-5-21-34-32(38)30(23-26-10-7-6-8-11-26)35(24-27-15-13-25(2)14-16-27)31(37)12-9-22-36(41(3,39)40)29-19-17-28(33)18-20-29/h6-8,10-11,13-20,30H,4-5,9,12,21-24H2,1-3H3,(H,34,38). The minimum Gasteiger partial charge on any atom is -0.354 e. The van der Waals surface area contributed by atoms with Gasteiger partial charge in [0.15, 0.2) is 0 Å². The zero-order valence-corrected chi connectivity index (χ0v) is 24.9. The highest BCUT2D eigenvalue weighted by Gasteiger charge is 2.30. The highest BCUT2D eigenvalue weighted by molar-refractivity contribution is 7.92. The van der Waals surface area contributed by atoms with Crippen LogP contribution in [-0.4, -0.2) is 50.5 Å². The number of hydrogen-bond acceptors (Lipinski definition) is 4. The van der Waals surface area contributed by atoms with Gasteiger partial charge in [0.05, 0.1) is 11.9 Å². The van der Waals surface area contributed by atoms with Crippen molar-refractivity contribution in [3.05, 3.63) is 101 Å². The van der Waals surface area contributed by atoms with Crippen LogP contribution in [0.5, 0.6) is 0 Å². The first kappa shape index (κ1) is 31.8. The van der Waals surface area contributed by atoms with E-state index in [1.165, 1.54) is 28.6 Å². The van der Waals surface area contributed by atoms with Gasteiger partial charge >= 0.3 is 0 Å². The van der Waals surface area contributed by atoms with Crippen LogP contribution in [0.2, 0.25) is 0 Å². The molecule has 220 valence electrons. The third kappa shape index (κ3) is 10.0. The van der Waals surface area contributed by atoms with Gasteiger partial charge in [-0.05, 0) is 55.2 Å². The van der Waals surface area contributed by atoms with Crippen LogP contribution in [0.3, 0.4) is 0 Å². The van der Waals surface area contributed by atoms with E-state index in [-0.39, 0.29) is 37.7 Å². The topological polar surface area (TPSA) is 86.8 Å². The van der Waals surface area contributed by atoms with Crippen molar-refractivity contribution in [1.29, 1.82) is 0 Å². The Balaban J connectivity index is 1.86. The van der Waals surface area contributed by atoms with Crippen molar-refractivity contribution in [3.8, 4) is 0 Å². The van der Waals surface area contributed by atoms with Gasteiger partial charge in [-0.1, -0.05) is 73.5 Å². The molecule has 3 rings (SSSR count). The van der Waals surface area contributed by atoms with Gasteiger partial charge < -0.3 is 10.2 Å². The molecule has 3 aromatic rings. The quantitative estimate of drug-likeness (QED) is 0.249. The number of carbonyl (C=O) groups is 2. The first-order chi connectivity index (χ1) is 19.6. The molecule has 0 aliphatic carbocycles. The van der Waals surface area contributed by atoms with Gasteiger partial charge in [0.1, 0.15) is 11.9 Å². The molecule has 1 unspecified atom stereocenters. The predicted molar refractivity (Wildman–Crippen MR) is 161 cm³/mol. The molecule has 41 heavy (non-hydrogen) atoms. The molecule has 0 saturated heterocycles. The predicted octanol–water partition coefficient (Wildman–Crippen LogP) is 5.24. The van der Waals surface area contributed by atoms with Crippen molar-refractivity contribution in [3.63, 3.8) is 0 Å². The van der Waals surface area contributed by atoms with Gasteiger partial charge in [-0.2, -0.15) is 0 Å². The number of rotatable bonds is 15. The second kappa shape index (κ2) is 15.3. The summed E-state index contributed by atoms with van der Waals surface area (Å²) in [5.74, 6) is -0.928. The zero-order chi connectivity index (χ0) is 29.8. The number of halogens is 1. The first-order valence-corrected chi connectivity index (χ1v) is 15.8. The van der Waals surface area contributed by atoms with Crippen molar-refractivity contribution in [1.82, 2.24) is 10.2 Å². The number of nitrogens with zero attached hydrogens (tertiary/aromatic N) is 2. The van der Waals surface area contributed by atoms with Gasteiger partial charge in [-0.15, -0.1) is 0 Å². The van der Waals surface area contributed by atoms with Crippen LogP contribution >= 0.6 is 0 Å². The maximum atomic E-state index is 13.8. The lowest BCUT2D eigenvalue weighted by atomic mass is 10.0. The van der Waals surface area contributed by atoms with E-state index in [9.17, 15) is 22.4 Å². The van der Waals surface area contributed by atoms with E-state index in [2.05, 4.69) is 5.32 Å². The first-order valence-electron chi connectivity index (χ1n) is 14.0. The van der Waals surface area contributed by atoms with Crippen LogP contribution in [0.15, 0.2) is 78.9 Å². The van der Waals surface area contributed by atoms with Gasteiger partial charge in [-0.3, -0.25) is 13.9 Å². The van der Waals surface area contributed by atoms with E-state index in [0.717, 1.165) is 35.8 Å². The Labute approximate surface area is 243 Å². The summed E-state index contributed by atoms with van der Waals surface area (Å²) in [6.07, 6.45) is 3.45. The van der Waals surface area contributed by atoms with Crippen LogP contribution in [0.25, 0.3) is 0 Å². The number of nitrogens with one attached hydrogen (secondary N) is 1. The van der Waals surface area contributed by atoms with E-state index in [4.69, 9.17) is 0 Å². The van der Waals surface area contributed by atoms with Gasteiger partial charge in [0, 0.05) is 32.5 Å². The van der Waals surface area contributed by atoms with Gasteiger partial charge in [0.2, 0.25) is 21.8 Å². The van der Waals surface area contributed by atoms with E-state index >= 15 is 0 Å². The normalized spacial score (nSPS) is 12.0. The number of carbonyl (C=O) groups excluding carboxylic acids is 2. The molecule has 0 fully saturated rings. The van der Waals surface area contributed by atoms with E-state index in [0.29, 0.717) is 18.7 Å². The number of hydrogen-bond donors (Lipinski definition) is 1. The van der Waals surface area contributed by atoms with Crippen LogP contribution in [-0.2, 0) is 32.6 Å². The molecule has 9 heteroatoms. The van der Waals surface area contributed by atoms with Crippen molar-refractivity contribution < 1.29 is 22.4 Å². The van der Waals surface area contributed by atoms with Crippen LogP contribution < -0.4 is 9.62 Å². The molecule has 1 atom stereocenters. The second-order valence-electron chi connectivity index (χ2n) is 10.3. The lowest BCUT2D eigenvalue weighted by Crippen LogP contribution is -2.50. The minimum atomic E-state index is -3.66. The second-order valence-corrected chi connectivity index (χ2v) is 12.2. The Kier molecular flexibility index (Phi) is 11.9. The number of benzene rings is 3. The van der Waals surface area contributed by atoms with Crippen LogP contribution in [0.1, 0.15) is 49.3 Å². The molecule has 0 aromatic heterocycles. The van der Waals surface area contributed by atoms with Crippen LogP contribution in [0.4, 0.5) is 10.1 Å². The largest absolute Gasteiger partial charge is 0.354 e. The number of anilines is 1. The van der Waals surface area contributed by atoms with E-state index in [1.807, 2.05) is 68.4 Å². The third-order valence-corrected chi connectivity index (χ3v) is 8.04. The minimum absolute atomic E-state index is 0.0343. The van der Waals surface area contributed by atoms with Gasteiger partial charge in [-0.25, -0.2) is 12.8 Å². The molecule has 7 nitrogen and oxygen atoms in total. The van der Waals surface area contributed by atoms with Crippen molar-refractivity contribution >= 4 is 27.5 Å². The summed E-state index contributed by atoms with van der Waals surface area (Å²) in [6, 6.07) is 21.9. The number of aryl methyl sites for hydroxylation is 1. The molecule has 0 heterocycles.